The van der Waals surface area contributed by atoms with Crippen molar-refractivity contribution in [2.45, 2.75) is 13.2 Å². The lowest BCUT2D eigenvalue weighted by Gasteiger charge is -2.19. The second kappa shape index (κ2) is 20.2. The Morgan fingerprint density at radius 3 is 1.84 bits per heavy atom. The number of hydrogen-bond donors (Lipinski definition) is 2. The molecule has 0 spiro atoms. The van der Waals surface area contributed by atoms with E-state index < -0.39 is 6.09 Å². The number of aliphatic hydroxyl groups excluding tert-OH is 1. The van der Waals surface area contributed by atoms with Crippen molar-refractivity contribution in [2.24, 2.45) is 0 Å². The van der Waals surface area contributed by atoms with Crippen LogP contribution in [0.25, 0.3) is 0 Å². The fraction of sp³-hybridized carbons (Fsp3) is 0.519. The molecule has 1 amide bonds. The van der Waals surface area contributed by atoms with Gasteiger partial charge in [-0.05, 0) is 35.4 Å². The van der Waals surface area contributed by atoms with Crippen LogP contribution in [0.1, 0.15) is 11.1 Å². The van der Waals surface area contributed by atoms with Gasteiger partial charge in [0.2, 0.25) is 0 Å². The van der Waals surface area contributed by atoms with Gasteiger partial charge in [-0.25, -0.2) is 9.18 Å². The highest BCUT2D eigenvalue weighted by molar-refractivity contribution is 5.65. The summed E-state index contributed by atoms with van der Waals surface area (Å²) in [5, 5.41) is 18.1. The van der Waals surface area contributed by atoms with Gasteiger partial charge >= 0.3 is 6.09 Å². The number of hydrogen-bond acceptors (Lipinski definition) is 8. The zero-order valence-corrected chi connectivity index (χ0v) is 21.6. The van der Waals surface area contributed by atoms with Gasteiger partial charge in [-0.2, -0.15) is 0 Å². The molecule has 0 atom stereocenters. The van der Waals surface area contributed by atoms with E-state index in [9.17, 15) is 14.3 Å². The number of ether oxygens (including phenoxy) is 6. The van der Waals surface area contributed by atoms with Crippen LogP contribution in [-0.4, -0.2) is 100 Å². The van der Waals surface area contributed by atoms with Crippen molar-refractivity contribution >= 4 is 6.09 Å². The van der Waals surface area contributed by atoms with E-state index in [1.54, 1.807) is 30.3 Å². The summed E-state index contributed by atoms with van der Waals surface area (Å²) in [7, 11) is 0. The Morgan fingerprint density at radius 1 is 0.737 bits per heavy atom. The summed E-state index contributed by atoms with van der Waals surface area (Å²) in [5.74, 6) is 0.299. The smallest absolute Gasteiger partial charge is 0.407 e. The monoisotopic (exact) mass is 539 g/mol. The minimum Gasteiger partial charge on any atom is -0.489 e. The average Bonchev–Trinajstić information content (AvgIpc) is 2.92. The van der Waals surface area contributed by atoms with Crippen molar-refractivity contribution in [3.05, 3.63) is 65.5 Å². The third-order valence-corrected chi connectivity index (χ3v) is 5.09. The van der Waals surface area contributed by atoms with Crippen molar-refractivity contribution < 1.29 is 47.8 Å². The maximum Gasteiger partial charge on any atom is 0.407 e. The van der Waals surface area contributed by atoms with Gasteiger partial charge in [-0.1, -0.05) is 24.3 Å². The summed E-state index contributed by atoms with van der Waals surface area (Å²) in [5.41, 5.74) is 1.62. The number of halogens is 1. The molecular weight excluding hydrogens is 501 g/mol. The van der Waals surface area contributed by atoms with Crippen molar-refractivity contribution in [1.29, 1.82) is 0 Å². The first-order valence-corrected chi connectivity index (χ1v) is 12.5. The van der Waals surface area contributed by atoms with E-state index in [4.69, 9.17) is 33.5 Å². The Kier molecular flexibility index (Phi) is 16.7. The quantitative estimate of drug-likeness (QED) is 0.218. The predicted molar refractivity (Wildman–Crippen MR) is 137 cm³/mol. The number of benzene rings is 2. The lowest BCUT2D eigenvalue weighted by atomic mass is 10.2. The fourth-order valence-electron chi connectivity index (χ4n) is 3.16. The Bertz CT molecular complexity index is 885. The number of carbonyl (C=O) groups is 1. The summed E-state index contributed by atoms with van der Waals surface area (Å²) in [6.07, 6.45) is -1.04. The molecule has 0 saturated heterocycles. The SMILES string of the molecule is O=C(O)N(CCOCCOCCOCCOCCOCCO)Cc1cccc(OCc2ccc(F)cc2)c1. The molecule has 0 unspecified atom stereocenters. The van der Waals surface area contributed by atoms with Crippen LogP contribution in [0.4, 0.5) is 9.18 Å². The van der Waals surface area contributed by atoms with Crippen molar-refractivity contribution in [2.75, 3.05) is 79.2 Å². The minimum atomic E-state index is -1.04. The van der Waals surface area contributed by atoms with Gasteiger partial charge < -0.3 is 43.5 Å². The Balaban J connectivity index is 1.52. The largest absolute Gasteiger partial charge is 0.489 e. The number of carboxylic acid groups (broad SMARTS) is 1. The topological polar surface area (TPSA) is 116 Å². The third kappa shape index (κ3) is 14.8. The van der Waals surface area contributed by atoms with Gasteiger partial charge in [0, 0.05) is 13.1 Å². The molecule has 10 nitrogen and oxygen atoms in total. The van der Waals surface area contributed by atoms with Gasteiger partial charge in [0.05, 0.1) is 72.7 Å². The van der Waals surface area contributed by atoms with E-state index in [1.807, 2.05) is 6.07 Å². The molecule has 0 radical (unpaired) electrons. The highest BCUT2D eigenvalue weighted by Crippen LogP contribution is 2.17. The minimum absolute atomic E-state index is 0.00290. The first kappa shape index (κ1) is 31.4. The molecule has 212 valence electrons. The van der Waals surface area contributed by atoms with Gasteiger partial charge in [-0.15, -0.1) is 0 Å². The van der Waals surface area contributed by atoms with Crippen LogP contribution in [0.15, 0.2) is 48.5 Å². The molecule has 0 heterocycles. The molecule has 0 aliphatic rings. The maximum absolute atomic E-state index is 13.0. The molecule has 0 saturated carbocycles. The zero-order chi connectivity index (χ0) is 27.3. The van der Waals surface area contributed by atoms with Crippen LogP contribution >= 0.6 is 0 Å². The second-order valence-corrected chi connectivity index (χ2v) is 8.05. The summed E-state index contributed by atoms with van der Waals surface area (Å²) in [4.78, 5) is 12.9. The highest BCUT2D eigenvalue weighted by atomic mass is 19.1. The molecule has 38 heavy (non-hydrogen) atoms. The van der Waals surface area contributed by atoms with E-state index in [2.05, 4.69) is 0 Å². The fourth-order valence-corrected chi connectivity index (χ4v) is 3.16. The molecule has 11 heteroatoms. The average molecular weight is 540 g/mol. The zero-order valence-electron chi connectivity index (χ0n) is 21.6. The van der Waals surface area contributed by atoms with Crippen LogP contribution in [0, 0.1) is 5.82 Å². The summed E-state index contributed by atoms with van der Waals surface area (Å²) < 4.78 is 45.5. The molecule has 0 aromatic heterocycles. The van der Waals surface area contributed by atoms with E-state index in [-0.39, 0.29) is 38.7 Å². The van der Waals surface area contributed by atoms with Crippen molar-refractivity contribution in [3.63, 3.8) is 0 Å². The second-order valence-electron chi connectivity index (χ2n) is 8.05. The lowest BCUT2D eigenvalue weighted by molar-refractivity contribution is -0.0141. The number of rotatable bonds is 22. The van der Waals surface area contributed by atoms with Crippen LogP contribution < -0.4 is 4.74 Å². The summed E-state index contributed by atoms with van der Waals surface area (Å²) in [6.45, 7) is 4.63. The molecule has 0 bridgehead atoms. The lowest BCUT2D eigenvalue weighted by Crippen LogP contribution is -2.32. The first-order valence-electron chi connectivity index (χ1n) is 12.5. The summed E-state index contributed by atoms with van der Waals surface area (Å²) >= 11 is 0. The normalized spacial score (nSPS) is 11.0. The van der Waals surface area contributed by atoms with Crippen molar-refractivity contribution in [1.82, 2.24) is 4.90 Å². The number of aliphatic hydroxyl groups is 1. The van der Waals surface area contributed by atoms with Gasteiger partial charge in [0.15, 0.2) is 0 Å². The maximum atomic E-state index is 13.0. The van der Waals surface area contributed by atoms with Gasteiger partial charge in [0.25, 0.3) is 0 Å². The van der Waals surface area contributed by atoms with E-state index >= 15 is 0 Å². The van der Waals surface area contributed by atoms with Crippen LogP contribution in [0.2, 0.25) is 0 Å². The summed E-state index contributed by atoms with van der Waals surface area (Å²) in [6, 6.07) is 13.3. The molecular formula is C27H38FNO9. The molecule has 2 aromatic rings. The Labute approximate surface area is 222 Å². The molecule has 2 N–H and O–H groups in total. The number of amides is 1. The third-order valence-electron chi connectivity index (χ3n) is 5.09. The molecule has 0 aliphatic carbocycles. The molecule has 2 aromatic carbocycles. The van der Waals surface area contributed by atoms with E-state index in [0.29, 0.717) is 65.2 Å². The van der Waals surface area contributed by atoms with Crippen LogP contribution in [0.3, 0.4) is 0 Å². The highest BCUT2D eigenvalue weighted by Gasteiger charge is 2.12. The standard InChI is InChI=1S/C27H38FNO9/c28-25-6-4-23(5-7-25)22-38-26-3-1-2-24(20-26)21-29(27(31)32)8-10-33-12-14-35-16-18-37-19-17-36-15-13-34-11-9-30/h1-7,20,30H,8-19,21-22H2,(H,31,32). The number of nitrogens with zero attached hydrogens (tertiary/aromatic N) is 1. The van der Waals surface area contributed by atoms with Gasteiger partial charge in [0.1, 0.15) is 18.2 Å². The van der Waals surface area contributed by atoms with E-state index in [0.717, 1.165) is 11.1 Å². The van der Waals surface area contributed by atoms with Gasteiger partial charge in [-0.3, -0.25) is 0 Å². The van der Waals surface area contributed by atoms with E-state index in [1.165, 1.54) is 17.0 Å². The molecule has 0 fully saturated rings. The van der Waals surface area contributed by atoms with Crippen LogP contribution in [0.5, 0.6) is 5.75 Å². The van der Waals surface area contributed by atoms with Crippen LogP contribution in [-0.2, 0) is 36.8 Å². The first-order chi connectivity index (χ1) is 18.6. The van der Waals surface area contributed by atoms with Crippen molar-refractivity contribution in [3.8, 4) is 5.75 Å². The molecule has 2 rings (SSSR count). The molecule has 0 aliphatic heterocycles. The Hall–Kier alpha value is -2.80. The predicted octanol–water partition coefficient (Wildman–Crippen LogP) is 2.96. The Morgan fingerprint density at radius 2 is 1.29 bits per heavy atom.